The molecule has 0 bridgehead atoms. The molecule has 1 aliphatic rings. The highest BCUT2D eigenvalue weighted by molar-refractivity contribution is 5.93. The van der Waals surface area contributed by atoms with Gasteiger partial charge in [-0.05, 0) is 31.0 Å². The molecular formula is C23H23N5O4. The summed E-state index contributed by atoms with van der Waals surface area (Å²) in [6, 6.07) is 7.22. The minimum atomic E-state index is -0.733. The quantitative estimate of drug-likeness (QED) is 0.544. The zero-order chi connectivity index (χ0) is 22.8. The number of nitrogens with zero attached hydrogens (tertiary/aromatic N) is 4. The zero-order valence-corrected chi connectivity index (χ0v) is 18.0. The molecule has 0 aliphatic carbocycles. The van der Waals surface area contributed by atoms with Crippen molar-refractivity contribution in [1.82, 2.24) is 19.9 Å². The molecule has 0 fully saturated rings. The molecule has 0 saturated heterocycles. The first-order valence-electron chi connectivity index (χ1n) is 10.1. The number of fused-ring (bicyclic) bond motifs is 1. The van der Waals surface area contributed by atoms with Gasteiger partial charge in [-0.3, -0.25) is 4.57 Å². The molecule has 4 rings (SSSR count). The summed E-state index contributed by atoms with van der Waals surface area (Å²) in [6.45, 7) is 4.78. The molecule has 1 aromatic carbocycles. The second-order valence-electron chi connectivity index (χ2n) is 7.53. The fourth-order valence-electron chi connectivity index (χ4n) is 3.84. The number of pyridine rings is 1. The predicted molar refractivity (Wildman–Crippen MR) is 114 cm³/mol. The number of imidazole rings is 1. The average Bonchev–Trinajstić information content (AvgIpc) is 3.36. The van der Waals surface area contributed by atoms with Crippen LogP contribution in [-0.2, 0) is 17.9 Å². The van der Waals surface area contributed by atoms with Crippen LogP contribution in [0, 0.1) is 25.2 Å². The van der Waals surface area contributed by atoms with Gasteiger partial charge in [-0.15, -0.1) is 0 Å². The van der Waals surface area contributed by atoms with E-state index in [0.29, 0.717) is 35.8 Å². The lowest BCUT2D eigenvalue weighted by atomic mass is 9.95. The summed E-state index contributed by atoms with van der Waals surface area (Å²) < 4.78 is 12.2. The first-order valence-corrected chi connectivity index (χ1v) is 10.1. The number of hydrogen-bond acceptors (Lipinski definition) is 8. The fourth-order valence-corrected chi connectivity index (χ4v) is 3.84. The highest BCUT2D eigenvalue weighted by Crippen LogP contribution is 2.29. The van der Waals surface area contributed by atoms with Crippen LogP contribution in [-0.4, -0.2) is 39.3 Å². The smallest absolute Gasteiger partial charge is 0.338 e. The van der Waals surface area contributed by atoms with Crippen LogP contribution in [0.2, 0.25) is 0 Å². The average molecular weight is 433 g/mol. The predicted octanol–water partition coefficient (Wildman–Crippen LogP) is 2.26. The Morgan fingerprint density at radius 1 is 1.41 bits per heavy atom. The van der Waals surface area contributed by atoms with Crippen molar-refractivity contribution in [2.24, 2.45) is 0 Å². The number of carbonyl (C=O) groups is 1. The summed E-state index contributed by atoms with van der Waals surface area (Å²) >= 11 is 0. The van der Waals surface area contributed by atoms with Crippen molar-refractivity contribution in [1.29, 1.82) is 5.26 Å². The molecule has 2 aromatic heterocycles. The first-order chi connectivity index (χ1) is 15.4. The number of methoxy groups -OCH3 is 1. The van der Waals surface area contributed by atoms with Gasteiger partial charge in [-0.2, -0.15) is 5.26 Å². The van der Waals surface area contributed by atoms with Crippen molar-refractivity contribution in [2.75, 3.05) is 13.7 Å². The molecule has 1 atom stereocenters. The van der Waals surface area contributed by atoms with Crippen molar-refractivity contribution in [2.45, 2.75) is 33.1 Å². The van der Waals surface area contributed by atoms with Crippen LogP contribution in [0.1, 0.15) is 50.2 Å². The van der Waals surface area contributed by atoms with E-state index < -0.39 is 6.10 Å². The number of aryl methyl sites for hydroxylation is 1. The Hall–Kier alpha value is -3.74. The van der Waals surface area contributed by atoms with Crippen LogP contribution in [0.15, 0.2) is 30.6 Å². The molecule has 0 saturated carbocycles. The fraction of sp³-hybridized carbons (Fsp3) is 0.304. The second-order valence-corrected chi connectivity index (χ2v) is 7.53. The molecule has 164 valence electrons. The largest absolute Gasteiger partial charge is 0.495 e. The monoisotopic (exact) mass is 433 g/mol. The number of cyclic esters (lactones) is 1. The number of esters is 1. The van der Waals surface area contributed by atoms with Gasteiger partial charge in [-0.25, -0.2) is 14.8 Å². The van der Waals surface area contributed by atoms with Crippen LogP contribution in [0.25, 0.3) is 5.82 Å². The third-order valence-electron chi connectivity index (χ3n) is 5.58. The number of aliphatic hydroxyl groups is 1. The zero-order valence-electron chi connectivity index (χ0n) is 18.0. The minimum absolute atomic E-state index is 0.249. The molecule has 9 nitrogen and oxygen atoms in total. The summed E-state index contributed by atoms with van der Waals surface area (Å²) in [7, 11) is 1.51. The van der Waals surface area contributed by atoms with Gasteiger partial charge >= 0.3 is 5.97 Å². The van der Waals surface area contributed by atoms with Crippen LogP contribution in [0.4, 0.5) is 0 Å². The molecule has 32 heavy (non-hydrogen) atoms. The van der Waals surface area contributed by atoms with Crippen molar-refractivity contribution < 1.29 is 19.4 Å². The van der Waals surface area contributed by atoms with Gasteiger partial charge in [-0.1, -0.05) is 6.07 Å². The van der Waals surface area contributed by atoms with Crippen LogP contribution < -0.4 is 10.1 Å². The van der Waals surface area contributed by atoms with Gasteiger partial charge in [0.1, 0.15) is 35.6 Å². The molecule has 9 heteroatoms. The van der Waals surface area contributed by atoms with E-state index in [9.17, 15) is 9.90 Å². The Morgan fingerprint density at radius 3 is 2.97 bits per heavy atom. The van der Waals surface area contributed by atoms with E-state index in [2.05, 4.69) is 15.3 Å². The molecule has 3 heterocycles. The molecule has 2 N–H and O–H groups in total. The number of aromatic nitrogens is 3. The Bertz CT molecular complexity index is 1230. The van der Waals surface area contributed by atoms with Crippen LogP contribution >= 0.6 is 0 Å². The Morgan fingerprint density at radius 2 is 2.22 bits per heavy atom. The van der Waals surface area contributed by atoms with Crippen LogP contribution in [0.3, 0.4) is 0 Å². The van der Waals surface area contributed by atoms with E-state index >= 15 is 0 Å². The van der Waals surface area contributed by atoms with Crippen molar-refractivity contribution >= 4 is 5.97 Å². The lowest BCUT2D eigenvalue weighted by molar-refractivity contribution is 0.0535. The third-order valence-corrected chi connectivity index (χ3v) is 5.58. The summed E-state index contributed by atoms with van der Waals surface area (Å²) in [6.07, 6.45) is 2.59. The topological polar surface area (TPSA) is 122 Å². The number of rotatable bonds is 7. The Kier molecular flexibility index (Phi) is 5.90. The number of hydrogen-bond donors (Lipinski definition) is 2. The van der Waals surface area contributed by atoms with Gasteiger partial charge in [0.25, 0.3) is 0 Å². The molecule has 1 aliphatic heterocycles. The van der Waals surface area contributed by atoms with E-state index in [0.717, 1.165) is 28.2 Å². The lowest BCUT2D eigenvalue weighted by Crippen LogP contribution is -2.22. The number of ether oxygens (including phenoxy) is 2. The first kappa shape index (κ1) is 21.5. The van der Waals surface area contributed by atoms with Gasteiger partial charge in [0.05, 0.1) is 30.7 Å². The molecular weight excluding hydrogens is 410 g/mol. The van der Waals surface area contributed by atoms with Gasteiger partial charge in [0.15, 0.2) is 0 Å². The van der Waals surface area contributed by atoms with Crippen molar-refractivity contribution in [3.63, 3.8) is 0 Å². The third kappa shape index (κ3) is 3.93. The maximum atomic E-state index is 11.7. The van der Waals surface area contributed by atoms with E-state index in [1.165, 1.54) is 13.3 Å². The summed E-state index contributed by atoms with van der Waals surface area (Å²) in [5.74, 6) is 1.47. The summed E-state index contributed by atoms with van der Waals surface area (Å²) in [5.41, 5.74) is 4.20. The number of nitriles is 1. The molecule has 0 amide bonds. The van der Waals surface area contributed by atoms with E-state index in [-0.39, 0.29) is 12.6 Å². The highest BCUT2D eigenvalue weighted by atomic mass is 16.5. The highest BCUT2D eigenvalue weighted by Gasteiger charge is 2.25. The molecule has 0 spiro atoms. The SMILES string of the molecule is COc1cc(-n2cc(CNCC(O)c3ccc4c(c3C)COC4=O)nc2C)ncc1C#N. The van der Waals surface area contributed by atoms with Gasteiger partial charge in [0.2, 0.25) is 0 Å². The van der Waals surface area contributed by atoms with E-state index in [1.807, 2.05) is 30.7 Å². The second kappa shape index (κ2) is 8.78. The van der Waals surface area contributed by atoms with Gasteiger partial charge in [0, 0.05) is 30.9 Å². The minimum Gasteiger partial charge on any atom is -0.495 e. The maximum Gasteiger partial charge on any atom is 0.338 e. The number of carbonyl (C=O) groups excluding carboxylic acids is 1. The number of aliphatic hydroxyl groups excluding tert-OH is 1. The molecule has 0 radical (unpaired) electrons. The Labute approximate surface area is 185 Å². The summed E-state index contributed by atoms with van der Waals surface area (Å²) in [5, 5.41) is 23.0. The summed E-state index contributed by atoms with van der Waals surface area (Å²) in [4.78, 5) is 20.6. The van der Waals surface area contributed by atoms with E-state index in [1.54, 1.807) is 18.2 Å². The van der Waals surface area contributed by atoms with Crippen LogP contribution in [0.5, 0.6) is 5.75 Å². The van der Waals surface area contributed by atoms with Gasteiger partial charge < -0.3 is 19.9 Å². The standard InChI is InChI=1S/C23H23N5O4/c1-13-17(4-5-18-19(13)12-32-23(18)30)20(29)10-25-9-16-11-28(14(2)27-16)22-6-21(31-3)15(7-24)8-26-22/h4-6,8,11,20,25,29H,9-10,12H2,1-3H3. The molecule has 3 aromatic rings. The normalized spacial score (nSPS) is 13.4. The number of nitrogens with one attached hydrogen (secondary N) is 1. The maximum absolute atomic E-state index is 11.7. The van der Waals surface area contributed by atoms with E-state index in [4.69, 9.17) is 14.7 Å². The lowest BCUT2D eigenvalue weighted by Gasteiger charge is -2.16. The molecule has 1 unspecified atom stereocenters. The van der Waals surface area contributed by atoms with Crippen molar-refractivity contribution in [3.05, 3.63) is 69.9 Å². The Balaban J connectivity index is 1.43. The number of benzene rings is 1. The van der Waals surface area contributed by atoms with Crippen molar-refractivity contribution in [3.8, 4) is 17.6 Å².